The molecule has 172 valence electrons. The van der Waals surface area contributed by atoms with E-state index in [1.165, 1.54) is 29.4 Å². The highest BCUT2D eigenvalue weighted by Gasteiger charge is 2.22. The summed E-state index contributed by atoms with van der Waals surface area (Å²) in [5.41, 5.74) is 1.17. The second kappa shape index (κ2) is 9.34. The minimum atomic E-state index is -0.443. The number of aromatic nitrogens is 2. The third-order valence-electron chi connectivity index (χ3n) is 6.09. The van der Waals surface area contributed by atoms with Gasteiger partial charge in [-0.2, -0.15) is 9.78 Å². The molecule has 5 rings (SSSR count). The molecule has 4 aromatic rings. The van der Waals surface area contributed by atoms with E-state index in [1.807, 2.05) is 12.1 Å². The van der Waals surface area contributed by atoms with E-state index >= 15 is 0 Å². The van der Waals surface area contributed by atoms with Crippen molar-refractivity contribution in [3.05, 3.63) is 91.1 Å². The number of fused-ring (bicyclic) bond motifs is 1. The van der Waals surface area contributed by atoms with E-state index in [4.69, 9.17) is 9.40 Å². The Bertz CT molecular complexity index is 1450. The third kappa shape index (κ3) is 4.43. The Kier molecular flexibility index (Phi) is 6.10. The Morgan fingerprint density at radius 1 is 1.09 bits per heavy atom. The van der Waals surface area contributed by atoms with Crippen molar-refractivity contribution in [1.82, 2.24) is 9.66 Å². The first-order valence-corrected chi connectivity index (χ1v) is 11.9. The van der Waals surface area contributed by atoms with Crippen LogP contribution in [0.25, 0.3) is 22.2 Å². The lowest BCUT2D eigenvalue weighted by molar-refractivity contribution is -0.384. The van der Waals surface area contributed by atoms with Crippen molar-refractivity contribution >= 4 is 38.7 Å². The number of hydrogen-bond donors (Lipinski definition) is 0. The summed E-state index contributed by atoms with van der Waals surface area (Å²) in [6, 6.07) is 15.1. The SMILES string of the molecule is O=c1c2cc(Br)ccc2nc(C2CCCCC2)n1N=Cc1ccc(-c2ccc([N+](=O)[O-])cc2)o1. The monoisotopic (exact) mass is 520 g/mol. The van der Waals surface area contributed by atoms with Gasteiger partial charge in [0.15, 0.2) is 0 Å². The molecule has 34 heavy (non-hydrogen) atoms. The fraction of sp³-hybridized carbons (Fsp3) is 0.240. The van der Waals surface area contributed by atoms with Gasteiger partial charge in [0, 0.05) is 28.1 Å². The van der Waals surface area contributed by atoms with E-state index in [1.54, 1.807) is 30.3 Å². The predicted molar refractivity (Wildman–Crippen MR) is 133 cm³/mol. The van der Waals surface area contributed by atoms with E-state index in [0.717, 1.165) is 30.2 Å². The second-order valence-corrected chi connectivity index (χ2v) is 9.25. The summed E-state index contributed by atoms with van der Waals surface area (Å²) in [6.45, 7) is 0. The fourth-order valence-electron chi connectivity index (χ4n) is 4.34. The van der Waals surface area contributed by atoms with Crippen LogP contribution in [0.15, 0.2) is 73.4 Å². The van der Waals surface area contributed by atoms with Crippen LogP contribution < -0.4 is 5.56 Å². The quantitative estimate of drug-likeness (QED) is 0.175. The molecule has 1 aliphatic carbocycles. The zero-order valence-corrected chi connectivity index (χ0v) is 19.8. The first kappa shape index (κ1) is 22.2. The van der Waals surface area contributed by atoms with Gasteiger partial charge in [-0.15, -0.1) is 0 Å². The molecule has 1 saturated carbocycles. The van der Waals surface area contributed by atoms with Crippen molar-refractivity contribution in [2.75, 3.05) is 0 Å². The highest BCUT2D eigenvalue weighted by molar-refractivity contribution is 9.10. The molecule has 1 fully saturated rings. The lowest BCUT2D eigenvalue weighted by atomic mass is 9.88. The largest absolute Gasteiger partial charge is 0.455 e. The van der Waals surface area contributed by atoms with Crippen molar-refractivity contribution < 1.29 is 9.34 Å². The van der Waals surface area contributed by atoms with Gasteiger partial charge < -0.3 is 4.42 Å². The van der Waals surface area contributed by atoms with Crippen molar-refractivity contribution in [3.8, 4) is 11.3 Å². The highest BCUT2D eigenvalue weighted by atomic mass is 79.9. The lowest BCUT2D eigenvalue weighted by Crippen LogP contribution is -2.25. The molecule has 2 aromatic heterocycles. The number of non-ortho nitro benzene ring substituents is 1. The number of benzene rings is 2. The molecule has 0 bridgehead atoms. The Labute approximate surface area is 203 Å². The van der Waals surface area contributed by atoms with Crippen molar-refractivity contribution in [1.29, 1.82) is 0 Å². The summed E-state index contributed by atoms with van der Waals surface area (Å²) in [5, 5.41) is 15.9. The molecule has 0 amide bonds. The first-order chi connectivity index (χ1) is 16.5. The van der Waals surface area contributed by atoms with Gasteiger partial charge in [-0.3, -0.25) is 14.9 Å². The average molecular weight is 521 g/mol. The van der Waals surface area contributed by atoms with E-state index < -0.39 is 4.92 Å². The van der Waals surface area contributed by atoms with Crippen LogP contribution >= 0.6 is 15.9 Å². The third-order valence-corrected chi connectivity index (χ3v) is 6.59. The van der Waals surface area contributed by atoms with E-state index in [2.05, 4.69) is 21.0 Å². The van der Waals surface area contributed by atoms with Gasteiger partial charge in [0.05, 0.1) is 22.0 Å². The van der Waals surface area contributed by atoms with E-state index in [9.17, 15) is 14.9 Å². The van der Waals surface area contributed by atoms with Crippen LogP contribution in [0.3, 0.4) is 0 Å². The minimum Gasteiger partial charge on any atom is -0.455 e. The number of rotatable bonds is 5. The van der Waals surface area contributed by atoms with Crippen LogP contribution in [0.2, 0.25) is 0 Å². The molecule has 8 nitrogen and oxygen atoms in total. The molecule has 0 aliphatic heterocycles. The molecular weight excluding hydrogens is 500 g/mol. The summed E-state index contributed by atoms with van der Waals surface area (Å²) >= 11 is 3.43. The average Bonchev–Trinajstić information content (AvgIpc) is 3.33. The van der Waals surface area contributed by atoms with Crippen LogP contribution in [-0.4, -0.2) is 20.8 Å². The number of halogens is 1. The topological polar surface area (TPSA) is 104 Å². The molecule has 0 atom stereocenters. The van der Waals surface area contributed by atoms with Crippen molar-refractivity contribution in [2.24, 2.45) is 5.10 Å². The zero-order chi connectivity index (χ0) is 23.7. The molecular formula is C25H21BrN4O4. The number of nitro groups is 1. The van der Waals surface area contributed by atoms with Crippen molar-refractivity contribution in [3.63, 3.8) is 0 Å². The Hall–Kier alpha value is -3.59. The minimum absolute atomic E-state index is 0.0159. The van der Waals surface area contributed by atoms with E-state index in [0.29, 0.717) is 33.8 Å². The molecule has 0 N–H and O–H groups in total. The molecule has 0 radical (unpaired) electrons. The normalized spacial score (nSPS) is 14.7. The van der Waals surface area contributed by atoms with Gasteiger partial charge >= 0.3 is 0 Å². The maximum absolute atomic E-state index is 13.4. The highest BCUT2D eigenvalue weighted by Crippen LogP contribution is 2.32. The molecule has 0 spiro atoms. The number of furan rings is 1. The van der Waals surface area contributed by atoms with Gasteiger partial charge in [-0.05, 0) is 55.3 Å². The van der Waals surface area contributed by atoms with Gasteiger partial charge in [0.1, 0.15) is 17.3 Å². The number of nitro benzene ring substituents is 1. The van der Waals surface area contributed by atoms with Crippen LogP contribution in [0.1, 0.15) is 49.6 Å². The maximum atomic E-state index is 13.4. The first-order valence-electron chi connectivity index (χ1n) is 11.1. The summed E-state index contributed by atoms with van der Waals surface area (Å²) < 4.78 is 8.07. The summed E-state index contributed by atoms with van der Waals surface area (Å²) in [6.07, 6.45) is 6.89. The fourth-order valence-corrected chi connectivity index (χ4v) is 4.70. The van der Waals surface area contributed by atoms with Crippen LogP contribution in [-0.2, 0) is 0 Å². The summed E-state index contributed by atoms with van der Waals surface area (Å²) in [4.78, 5) is 28.6. The Morgan fingerprint density at radius 2 is 1.85 bits per heavy atom. The predicted octanol–water partition coefficient (Wildman–Crippen LogP) is 6.26. The van der Waals surface area contributed by atoms with E-state index in [-0.39, 0.29) is 17.2 Å². The van der Waals surface area contributed by atoms with Crippen LogP contribution in [0.4, 0.5) is 5.69 Å². The number of nitrogens with zero attached hydrogens (tertiary/aromatic N) is 4. The molecule has 0 unspecified atom stereocenters. The molecule has 2 heterocycles. The maximum Gasteiger partial charge on any atom is 0.282 e. The van der Waals surface area contributed by atoms with Crippen molar-refractivity contribution in [2.45, 2.75) is 38.0 Å². The van der Waals surface area contributed by atoms with Gasteiger partial charge in [-0.25, -0.2) is 4.98 Å². The molecule has 9 heteroatoms. The number of hydrogen-bond acceptors (Lipinski definition) is 6. The van der Waals surface area contributed by atoms with Gasteiger partial charge in [-0.1, -0.05) is 35.2 Å². The second-order valence-electron chi connectivity index (χ2n) is 8.33. The van der Waals surface area contributed by atoms with Crippen LogP contribution in [0.5, 0.6) is 0 Å². The smallest absolute Gasteiger partial charge is 0.282 e. The van der Waals surface area contributed by atoms with Crippen LogP contribution in [0, 0.1) is 10.1 Å². The standard InChI is InChI=1S/C25H21BrN4O4/c26-18-8-12-22-21(14-18)25(31)29(24(28-22)17-4-2-1-3-5-17)27-15-20-11-13-23(34-20)16-6-9-19(10-7-16)30(32)33/h6-15,17H,1-5H2. The molecule has 2 aromatic carbocycles. The Balaban J connectivity index is 1.51. The Morgan fingerprint density at radius 3 is 2.59 bits per heavy atom. The van der Waals surface area contributed by atoms with Gasteiger partial charge in [0.2, 0.25) is 0 Å². The lowest BCUT2D eigenvalue weighted by Gasteiger charge is -2.22. The summed E-state index contributed by atoms with van der Waals surface area (Å²) in [5.74, 6) is 1.87. The zero-order valence-electron chi connectivity index (χ0n) is 18.2. The summed E-state index contributed by atoms with van der Waals surface area (Å²) in [7, 11) is 0. The molecule has 0 saturated heterocycles. The van der Waals surface area contributed by atoms with Gasteiger partial charge in [0.25, 0.3) is 11.2 Å². The molecule has 1 aliphatic rings.